The highest BCUT2D eigenvalue weighted by molar-refractivity contribution is 7.89. The maximum absolute atomic E-state index is 12.4. The van der Waals surface area contributed by atoms with Crippen LogP contribution in [-0.4, -0.2) is 31.7 Å². The summed E-state index contributed by atoms with van der Waals surface area (Å²) in [7, 11) is -1.95. The zero-order valence-corrected chi connectivity index (χ0v) is 10.6. The van der Waals surface area contributed by atoms with E-state index in [1.54, 1.807) is 0 Å². The lowest BCUT2D eigenvalue weighted by molar-refractivity contribution is -0.388. The number of halogens is 3. The summed E-state index contributed by atoms with van der Waals surface area (Å²) in [6, 6.07) is 1.27. The Morgan fingerprint density at radius 2 is 1.79 bits per heavy atom. The van der Waals surface area contributed by atoms with Crippen molar-refractivity contribution in [2.24, 2.45) is 0 Å². The molecule has 0 atom stereocenters. The molecule has 6 nitrogen and oxygen atoms in total. The van der Waals surface area contributed by atoms with Crippen LogP contribution in [0.4, 0.5) is 18.9 Å². The van der Waals surface area contributed by atoms with Gasteiger partial charge in [-0.15, -0.1) is 0 Å². The molecule has 0 aromatic heterocycles. The molecular formula is C9H9F3N2O4S. The van der Waals surface area contributed by atoms with Gasteiger partial charge in [0.05, 0.1) is 10.5 Å². The van der Waals surface area contributed by atoms with Crippen LogP contribution < -0.4 is 0 Å². The zero-order valence-electron chi connectivity index (χ0n) is 9.80. The highest BCUT2D eigenvalue weighted by Gasteiger charge is 2.35. The average Bonchev–Trinajstić information content (AvgIpc) is 2.26. The van der Waals surface area contributed by atoms with E-state index in [1.165, 1.54) is 0 Å². The maximum atomic E-state index is 12.4. The fourth-order valence-corrected chi connectivity index (χ4v) is 2.28. The molecule has 1 rings (SSSR count). The van der Waals surface area contributed by atoms with Gasteiger partial charge >= 0.3 is 6.18 Å². The normalized spacial score (nSPS) is 12.7. The Kier molecular flexibility index (Phi) is 3.87. The van der Waals surface area contributed by atoms with Crippen LogP contribution in [0.15, 0.2) is 23.1 Å². The SMILES string of the molecule is CN(C)S(=O)(=O)c1ccc(C(F)(F)F)cc1[N+](=O)[O-]. The second-order valence-corrected chi connectivity index (χ2v) is 5.85. The van der Waals surface area contributed by atoms with E-state index in [1.807, 2.05) is 0 Å². The quantitative estimate of drug-likeness (QED) is 0.630. The molecule has 19 heavy (non-hydrogen) atoms. The minimum atomic E-state index is -4.79. The molecule has 0 bridgehead atoms. The van der Waals surface area contributed by atoms with Gasteiger partial charge < -0.3 is 0 Å². The zero-order chi connectivity index (χ0) is 15.0. The van der Waals surface area contributed by atoms with Crippen molar-refractivity contribution in [1.82, 2.24) is 4.31 Å². The van der Waals surface area contributed by atoms with Crippen LogP contribution in [-0.2, 0) is 16.2 Å². The second kappa shape index (κ2) is 4.78. The van der Waals surface area contributed by atoms with E-state index in [9.17, 15) is 31.7 Å². The molecule has 1 aromatic rings. The Balaban J connectivity index is 3.58. The lowest BCUT2D eigenvalue weighted by Crippen LogP contribution is -2.23. The first kappa shape index (κ1) is 15.4. The van der Waals surface area contributed by atoms with Gasteiger partial charge in [-0.25, -0.2) is 12.7 Å². The Labute approximate surface area is 106 Å². The van der Waals surface area contributed by atoms with Crippen molar-refractivity contribution in [2.75, 3.05) is 14.1 Å². The fourth-order valence-electron chi connectivity index (χ4n) is 1.25. The van der Waals surface area contributed by atoms with Gasteiger partial charge in [0.2, 0.25) is 10.0 Å². The smallest absolute Gasteiger partial charge is 0.258 e. The standard InChI is InChI=1S/C9H9F3N2O4S/c1-13(2)19(17,18)8-4-3-6(9(10,11)12)5-7(8)14(15)16/h3-5H,1-2H3. The van der Waals surface area contributed by atoms with Crippen LogP contribution >= 0.6 is 0 Å². The summed E-state index contributed by atoms with van der Waals surface area (Å²) < 4.78 is 61.5. The summed E-state index contributed by atoms with van der Waals surface area (Å²) in [6.45, 7) is 0. The van der Waals surface area contributed by atoms with Crippen molar-refractivity contribution >= 4 is 15.7 Å². The van der Waals surface area contributed by atoms with Crippen LogP contribution in [0, 0.1) is 10.1 Å². The highest BCUT2D eigenvalue weighted by Crippen LogP contribution is 2.34. The van der Waals surface area contributed by atoms with E-state index in [-0.39, 0.29) is 6.07 Å². The molecule has 10 heteroatoms. The predicted octanol–water partition coefficient (Wildman–Crippen LogP) is 1.86. The first-order chi connectivity index (χ1) is 8.48. The molecule has 0 radical (unpaired) electrons. The minimum Gasteiger partial charge on any atom is -0.258 e. The van der Waals surface area contributed by atoms with Gasteiger partial charge in [0.1, 0.15) is 0 Å². The summed E-state index contributed by atoms with van der Waals surface area (Å²) in [5.74, 6) is 0. The first-order valence-corrected chi connectivity index (χ1v) is 6.20. The number of hydrogen-bond donors (Lipinski definition) is 0. The van der Waals surface area contributed by atoms with Crippen LogP contribution in [0.2, 0.25) is 0 Å². The summed E-state index contributed by atoms with van der Waals surface area (Å²) >= 11 is 0. The van der Waals surface area contributed by atoms with E-state index < -0.39 is 37.3 Å². The van der Waals surface area contributed by atoms with Crippen molar-refractivity contribution in [3.63, 3.8) is 0 Å². The summed E-state index contributed by atoms with van der Waals surface area (Å²) in [6.07, 6.45) is -4.79. The molecule has 0 saturated carbocycles. The van der Waals surface area contributed by atoms with E-state index >= 15 is 0 Å². The lowest BCUT2D eigenvalue weighted by atomic mass is 10.2. The minimum absolute atomic E-state index is 0.205. The topological polar surface area (TPSA) is 80.5 Å². The van der Waals surface area contributed by atoms with E-state index in [0.29, 0.717) is 16.4 Å². The third-order valence-corrected chi connectivity index (χ3v) is 4.10. The molecule has 0 aliphatic carbocycles. The van der Waals surface area contributed by atoms with Gasteiger partial charge in [0, 0.05) is 20.2 Å². The van der Waals surface area contributed by atoms with E-state index in [4.69, 9.17) is 0 Å². The molecule has 0 spiro atoms. The van der Waals surface area contributed by atoms with Crippen LogP contribution in [0.25, 0.3) is 0 Å². The van der Waals surface area contributed by atoms with Crippen molar-refractivity contribution in [3.05, 3.63) is 33.9 Å². The number of nitro groups is 1. The molecule has 1 aromatic carbocycles. The molecule has 0 aliphatic rings. The van der Waals surface area contributed by atoms with Gasteiger partial charge in [-0.05, 0) is 12.1 Å². The number of nitro benzene ring substituents is 1. The number of benzene rings is 1. The summed E-state index contributed by atoms with van der Waals surface area (Å²) in [5.41, 5.74) is -2.39. The predicted molar refractivity (Wildman–Crippen MR) is 59.0 cm³/mol. The fraction of sp³-hybridized carbons (Fsp3) is 0.333. The van der Waals surface area contributed by atoms with Crippen molar-refractivity contribution in [3.8, 4) is 0 Å². The van der Waals surface area contributed by atoms with Crippen molar-refractivity contribution in [2.45, 2.75) is 11.1 Å². The molecule has 0 amide bonds. The molecule has 0 fully saturated rings. The van der Waals surface area contributed by atoms with Crippen LogP contribution in [0.3, 0.4) is 0 Å². The second-order valence-electron chi connectivity index (χ2n) is 3.72. The number of sulfonamides is 1. The van der Waals surface area contributed by atoms with E-state index in [0.717, 1.165) is 14.1 Å². The van der Waals surface area contributed by atoms with Crippen LogP contribution in [0.5, 0.6) is 0 Å². The maximum Gasteiger partial charge on any atom is 0.416 e. The molecular weight excluding hydrogens is 289 g/mol. The Morgan fingerprint density at radius 1 is 1.26 bits per heavy atom. The summed E-state index contributed by atoms with van der Waals surface area (Å²) in [4.78, 5) is 8.78. The molecule has 0 unspecified atom stereocenters. The highest BCUT2D eigenvalue weighted by atomic mass is 32.2. The van der Waals surface area contributed by atoms with Gasteiger partial charge in [0.15, 0.2) is 4.90 Å². The van der Waals surface area contributed by atoms with Gasteiger partial charge in [0.25, 0.3) is 5.69 Å². The Hall–Kier alpha value is -1.68. The Bertz CT molecular complexity index is 610. The van der Waals surface area contributed by atoms with Crippen molar-refractivity contribution in [1.29, 1.82) is 0 Å². The van der Waals surface area contributed by atoms with Crippen molar-refractivity contribution < 1.29 is 26.5 Å². The molecule has 0 aliphatic heterocycles. The van der Waals surface area contributed by atoms with Gasteiger partial charge in [-0.1, -0.05) is 0 Å². The van der Waals surface area contributed by atoms with E-state index in [2.05, 4.69) is 0 Å². The molecule has 0 heterocycles. The third kappa shape index (κ3) is 3.01. The molecule has 0 N–H and O–H groups in total. The largest absolute Gasteiger partial charge is 0.416 e. The molecule has 106 valence electrons. The molecule has 0 saturated heterocycles. The third-order valence-electron chi connectivity index (χ3n) is 2.24. The number of rotatable bonds is 3. The Morgan fingerprint density at radius 3 is 2.16 bits per heavy atom. The average molecular weight is 298 g/mol. The monoisotopic (exact) mass is 298 g/mol. The van der Waals surface area contributed by atoms with Gasteiger partial charge in [-0.2, -0.15) is 13.2 Å². The first-order valence-electron chi connectivity index (χ1n) is 4.76. The summed E-state index contributed by atoms with van der Waals surface area (Å²) in [5, 5.41) is 10.7. The lowest BCUT2D eigenvalue weighted by Gasteiger charge is -2.13. The van der Waals surface area contributed by atoms with Gasteiger partial charge in [-0.3, -0.25) is 10.1 Å². The number of hydrogen-bond acceptors (Lipinski definition) is 4. The number of alkyl halides is 3. The number of nitrogens with zero attached hydrogens (tertiary/aromatic N) is 2. The van der Waals surface area contributed by atoms with Crippen LogP contribution in [0.1, 0.15) is 5.56 Å².